The van der Waals surface area contributed by atoms with Crippen LogP contribution < -0.4 is 0 Å². The number of fused-ring (bicyclic) bond motifs is 2. The lowest BCUT2D eigenvalue weighted by molar-refractivity contribution is 0.222. The fraction of sp³-hybridized carbons (Fsp3) is 0.255. The van der Waals surface area contributed by atoms with Gasteiger partial charge in [0.2, 0.25) is 0 Å². The minimum Gasteiger partial charge on any atom is -0.507 e. The number of hydrogen-bond acceptors (Lipinski definition) is 4. The van der Waals surface area contributed by atoms with Crippen molar-refractivity contribution in [3.05, 3.63) is 144 Å². The summed E-state index contributed by atoms with van der Waals surface area (Å²) in [5.74, 6) is 0.987. The van der Waals surface area contributed by atoms with Crippen molar-refractivity contribution < 1.29 is 13.9 Å². The molecule has 0 aliphatic rings. The van der Waals surface area contributed by atoms with Gasteiger partial charge in [-0.25, -0.2) is 9.37 Å². The van der Waals surface area contributed by atoms with Crippen LogP contribution in [0.4, 0.5) is 4.39 Å². The number of benzene rings is 5. The first-order chi connectivity index (χ1) is 27.1. The Hall–Kier alpha value is -6.01. The topological polar surface area (TPSA) is 64.1 Å². The van der Waals surface area contributed by atoms with Crippen LogP contribution in [0.5, 0.6) is 5.75 Å². The summed E-state index contributed by atoms with van der Waals surface area (Å²) >= 11 is 0. The summed E-state index contributed by atoms with van der Waals surface area (Å²) in [5, 5.41) is 12.6. The highest BCUT2D eigenvalue weighted by Crippen LogP contribution is 2.46. The molecule has 3 aromatic heterocycles. The van der Waals surface area contributed by atoms with E-state index in [1.54, 1.807) is 26.2 Å². The first kappa shape index (κ1) is 37.9. The van der Waals surface area contributed by atoms with Crippen molar-refractivity contribution in [1.82, 2.24) is 14.5 Å². The molecule has 0 radical (unpaired) electrons. The van der Waals surface area contributed by atoms with Crippen LogP contribution in [0.15, 0.2) is 126 Å². The summed E-state index contributed by atoms with van der Waals surface area (Å²) in [6.45, 7) is 18.6. The smallest absolute Gasteiger partial charge is 0.149 e. The molecule has 57 heavy (non-hydrogen) atoms. The highest BCUT2D eigenvalue weighted by molar-refractivity contribution is 6.00. The van der Waals surface area contributed by atoms with E-state index < -0.39 is 5.67 Å². The molecular weight excluding hydrogens is 706 g/mol. The molecule has 0 saturated carbocycles. The fourth-order valence-corrected chi connectivity index (χ4v) is 8.04. The second kappa shape index (κ2) is 14.2. The van der Waals surface area contributed by atoms with Crippen molar-refractivity contribution in [2.45, 2.75) is 85.2 Å². The number of aromatic hydroxyl groups is 1. The van der Waals surface area contributed by atoms with Crippen molar-refractivity contribution in [2.75, 3.05) is 0 Å². The molecular formula is C51H50FN3O2. The maximum Gasteiger partial charge on any atom is 0.149 e. The molecule has 0 atom stereocenters. The van der Waals surface area contributed by atoms with Crippen LogP contribution in [0, 0.1) is 0 Å². The predicted molar refractivity (Wildman–Crippen MR) is 233 cm³/mol. The highest BCUT2D eigenvalue weighted by Gasteiger charge is 2.31. The molecule has 0 unspecified atom stereocenters. The molecule has 6 heteroatoms. The zero-order valence-electron chi connectivity index (χ0n) is 34.3. The molecule has 0 bridgehead atoms. The van der Waals surface area contributed by atoms with E-state index in [9.17, 15) is 5.11 Å². The SMILES string of the molecule is CC(C)c1cccc(C(C)C)c1-n1c(-c2cc3ccoc3cc2O)nc2c(-c3cc(-c4cc(-c5ccccc5)ccn4)cc(C(C)(C)C)c3)c(C(C)(C)F)ccc21. The summed E-state index contributed by atoms with van der Waals surface area (Å²) in [4.78, 5) is 10.4. The van der Waals surface area contributed by atoms with E-state index in [1.807, 2.05) is 54.7 Å². The first-order valence-electron chi connectivity index (χ1n) is 19.9. The third-order valence-electron chi connectivity index (χ3n) is 11.1. The number of halogens is 1. The molecule has 8 aromatic rings. The second-order valence-electron chi connectivity index (χ2n) is 17.4. The molecule has 0 fully saturated rings. The van der Waals surface area contributed by atoms with Gasteiger partial charge in [-0.15, -0.1) is 0 Å². The largest absolute Gasteiger partial charge is 0.507 e. The van der Waals surface area contributed by atoms with E-state index >= 15 is 4.39 Å². The van der Waals surface area contributed by atoms with Crippen molar-refractivity contribution in [1.29, 1.82) is 0 Å². The number of rotatable bonds is 8. The third-order valence-corrected chi connectivity index (χ3v) is 11.1. The number of alkyl halides is 1. The van der Waals surface area contributed by atoms with E-state index in [0.29, 0.717) is 33.6 Å². The summed E-state index contributed by atoms with van der Waals surface area (Å²) in [7, 11) is 0. The van der Waals surface area contributed by atoms with E-state index in [1.165, 1.54) is 0 Å². The Kier molecular flexibility index (Phi) is 9.43. The van der Waals surface area contributed by atoms with Crippen LogP contribution in [-0.4, -0.2) is 19.6 Å². The lowest BCUT2D eigenvalue weighted by atomic mass is 9.82. The number of aromatic nitrogens is 3. The predicted octanol–water partition coefficient (Wildman–Crippen LogP) is 14.3. The number of phenolic OH excluding ortho intramolecular Hbond substituents is 1. The van der Waals surface area contributed by atoms with Crippen molar-refractivity contribution in [2.24, 2.45) is 0 Å². The number of imidazole rings is 1. The Labute approximate surface area is 334 Å². The molecule has 3 heterocycles. The van der Waals surface area contributed by atoms with Gasteiger partial charge in [0.25, 0.3) is 0 Å². The number of furan rings is 1. The van der Waals surface area contributed by atoms with Crippen molar-refractivity contribution in [3.63, 3.8) is 0 Å². The molecule has 5 nitrogen and oxygen atoms in total. The lowest BCUT2D eigenvalue weighted by Crippen LogP contribution is -2.13. The number of nitrogens with zero attached hydrogens (tertiary/aromatic N) is 3. The van der Waals surface area contributed by atoms with Crippen LogP contribution in [0.3, 0.4) is 0 Å². The zero-order valence-corrected chi connectivity index (χ0v) is 34.3. The Morgan fingerprint density at radius 1 is 0.702 bits per heavy atom. The standard InChI is InChI=1S/C51H50FN3O2/c1-30(2)38-16-13-17-39(31(3)4)48(38)55-43-19-18-41(51(8,9)52)46(47(43)54-49(55)40-27-34-21-23-57-45(34)29-44(40)56)36-24-35(25-37(26-36)50(5,6)7)42-28-33(20-22-53-42)32-14-11-10-12-15-32/h10-31,56H,1-9H3. The highest BCUT2D eigenvalue weighted by atomic mass is 19.1. The second-order valence-corrected chi connectivity index (χ2v) is 17.4. The Morgan fingerprint density at radius 2 is 1.40 bits per heavy atom. The summed E-state index contributed by atoms with van der Waals surface area (Å²) in [6, 6.07) is 36.8. The zero-order chi connectivity index (χ0) is 40.4. The molecule has 0 spiro atoms. The summed E-state index contributed by atoms with van der Waals surface area (Å²) in [5.41, 5.74) is 11.1. The van der Waals surface area contributed by atoms with Gasteiger partial charge in [0, 0.05) is 28.8 Å². The maximum atomic E-state index is 16.8. The quantitative estimate of drug-likeness (QED) is 0.168. The average molecular weight is 756 g/mol. The number of pyridine rings is 1. The van der Waals surface area contributed by atoms with Crippen LogP contribution in [0.2, 0.25) is 0 Å². The lowest BCUT2D eigenvalue weighted by Gasteiger charge is -2.25. The van der Waals surface area contributed by atoms with Crippen molar-refractivity contribution in [3.8, 4) is 56.3 Å². The van der Waals surface area contributed by atoms with Crippen LogP contribution in [0.1, 0.15) is 96.4 Å². The monoisotopic (exact) mass is 755 g/mol. The molecule has 0 aliphatic heterocycles. The van der Waals surface area contributed by atoms with E-state index in [-0.39, 0.29) is 23.0 Å². The Bertz CT molecular complexity index is 2750. The van der Waals surface area contributed by atoms with E-state index in [0.717, 1.165) is 61.2 Å². The van der Waals surface area contributed by atoms with Crippen LogP contribution >= 0.6 is 0 Å². The van der Waals surface area contributed by atoms with Gasteiger partial charge < -0.3 is 9.52 Å². The summed E-state index contributed by atoms with van der Waals surface area (Å²) in [6.07, 6.45) is 3.48. The minimum atomic E-state index is -1.71. The first-order valence-corrected chi connectivity index (χ1v) is 19.9. The molecule has 8 rings (SSSR count). The van der Waals surface area contributed by atoms with Crippen molar-refractivity contribution >= 4 is 22.0 Å². The van der Waals surface area contributed by atoms with E-state index in [2.05, 4.69) is 108 Å². The normalized spacial score (nSPS) is 12.4. The van der Waals surface area contributed by atoms with Crippen LogP contribution in [0.25, 0.3) is 72.6 Å². The van der Waals surface area contributed by atoms with Gasteiger partial charge in [-0.05, 0) is 113 Å². The average Bonchev–Trinajstić information content (AvgIpc) is 3.80. The molecule has 288 valence electrons. The van der Waals surface area contributed by atoms with Crippen LogP contribution in [-0.2, 0) is 11.1 Å². The minimum absolute atomic E-state index is 0.0520. The molecule has 0 aliphatic carbocycles. The van der Waals surface area contributed by atoms with Gasteiger partial charge in [-0.3, -0.25) is 9.55 Å². The number of para-hydroxylation sites is 1. The third kappa shape index (κ3) is 6.92. The molecule has 5 aromatic carbocycles. The molecule has 1 N–H and O–H groups in total. The van der Waals surface area contributed by atoms with Gasteiger partial charge >= 0.3 is 0 Å². The number of phenols is 1. The Balaban J connectivity index is 1.50. The van der Waals surface area contributed by atoms with Gasteiger partial charge in [-0.1, -0.05) is 109 Å². The van der Waals surface area contributed by atoms with Gasteiger partial charge in [0.1, 0.15) is 22.8 Å². The Morgan fingerprint density at radius 3 is 2.07 bits per heavy atom. The molecule has 0 amide bonds. The van der Waals surface area contributed by atoms with Gasteiger partial charge in [-0.2, -0.15) is 0 Å². The molecule has 0 saturated heterocycles. The van der Waals surface area contributed by atoms with Gasteiger partial charge in [0.15, 0.2) is 0 Å². The maximum absolute atomic E-state index is 16.8. The fourth-order valence-electron chi connectivity index (χ4n) is 8.04. The number of hydrogen-bond donors (Lipinski definition) is 1. The van der Waals surface area contributed by atoms with Gasteiger partial charge in [0.05, 0.1) is 34.2 Å². The van der Waals surface area contributed by atoms with E-state index in [4.69, 9.17) is 14.4 Å². The summed E-state index contributed by atoms with van der Waals surface area (Å²) < 4.78 is 24.7.